The number of aryl methyl sites for hydroxylation is 1. The Morgan fingerprint density at radius 3 is 2.56 bits per heavy atom. The molecule has 0 aromatic heterocycles. The van der Waals surface area contributed by atoms with Gasteiger partial charge in [-0.15, -0.1) is 12.6 Å². The maximum absolute atomic E-state index is 12.1. The number of amides is 1. The fourth-order valence-corrected chi connectivity index (χ4v) is 2.17. The van der Waals surface area contributed by atoms with Crippen LogP contribution in [0.2, 0.25) is 5.02 Å². The van der Waals surface area contributed by atoms with E-state index in [1.54, 1.807) is 24.3 Å². The van der Waals surface area contributed by atoms with Gasteiger partial charge in [0.2, 0.25) is 0 Å². The van der Waals surface area contributed by atoms with Gasteiger partial charge in [0.15, 0.2) is 0 Å². The minimum absolute atomic E-state index is 0.211. The van der Waals surface area contributed by atoms with E-state index in [9.17, 15) is 4.79 Å². The number of benzene rings is 2. The number of halogens is 1. The van der Waals surface area contributed by atoms with Crippen molar-refractivity contribution in [2.24, 2.45) is 0 Å². The van der Waals surface area contributed by atoms with Crippen LogP contribution < -0.4 is 5.32 Å². The van der Waals surface area contributed by atoms with Crippen LogP contribution in [0.3, 0.4) is 0 Å². The van der Waals surface area contributed by atoms with Crippen LogP contribution in [0.5, 0.6) is 0 Å². The number of carbonyl (C=O) groups excluding carboxylic acids is 1. The van der Waals surface area contributed by atoms with Gasteiger partial charge in [0.05, 0.1) is 16.3 Å². The van der Waals surface area contributed by atoms with Crippen molar-refractivity contribution in [2.75, 3.05) is 5.32 Å². The van der Waals surface area contributed by atoms with Crippen molar-refractivity contribution in [3.8, 4) is 0 Å². The van der Waals surface area contributed by atoms with Crippen LogP contribution in [-0.4, -0.2) is 5.91 Å². The number of carbonyl (C=O) groups is 1. The van der Waals surface area contributed by atoms with E-state index < -0.39 is 0 Å². The molecule has 0 heterocycles. The summed E-state index contributed by atoms with van der Waals surface area (Å²) >= 11 is 10.3. The van der Waals surface area contributed by atoms with E-state index in [2.05, 4.69) is 17.9 Å². The Bertz CT molecular complexity index is 578. The van der Waals surface area contributed by atoms with Crippen LogP contribution in [0.25, 0.3) is 0 Å². The Kier molecular flexibility index (Phi) is 3.94. The van der Waals surface area contributed by atoms with E-state index in [-0.39, 0.29) is 5.91 Å². The highest BCUT2D eigenvalue weighted by molar-refractivity contribution is 7.80. The molecule has 1 N–H and O–H groups in total. The summed E-state index contributed by atoms with van der Waals surface area (Å²) in [7, 11) is 0. The summed E-state index contributed by atoms with van der Waals surface area (Å²) < 4.78 is 0. The summed E-state index contributed by atoms with van der Waals surface area (Å²) in [4.78, 5) is 12.8. The molecule has 1 amide bonds. The van der Waals surface area contributed by atoms with Crippen molar-refractivity contribution in [1.29, 1.82) is 0 Å². The molecule has 0 saturated carbocycles. The first-order chi connectivity index (χ1) is 8.59. The Hall–Kier alpha value is -1.45. The zero-order chi connectivity index (χ0) is 13.1. The molecule has 0 bridgehead atoms. The number of thiol groups is 1. The highest BCUT2D eigenvalue weighted by atomic mass is 35.5. The Morgan fingerprint density at radius 1 is 1.17 bits per heavy atom. The Balaban J connectivity index is 2.30. The molecule has 0 atom stereocenters. The third-order valence-electron chi connectivity index (χ3n) is 2.61. The van der Waals surface area contributed by atoms with Crippen LogP contribution in [-0.2, 0) is 0 Å². The Labute approximate surface area is 116 Å². The van der Waals surface area contributed by atoms with Gasteiger partial charge < -0.3 is 5.32 Å². The highest BCUT2D eigenvalue weighted by Gasteiger charge is 2.12. The molecule has 0 saturated heterocycles. The first-order valence-electron chi connectivity index (χ1n) is 5.44. The van der Waals surface area contributed by atoms with Gasteiger partial charge in [0, 0.05) is 4.90 Å². The van der Waals surface area contributed by atoms with Crippen LogP contribution in [0.4, 0.5) is 5.69 Å². The van der Waals surface area contributed by atoms with Gasteiger partial charge in [-0.3, -0.25) is 4.79 Å². The van der Waals surface area contributed by atoms with Crippen LogP contribution in [0.15, 0.2) is 47.4 Å². The SMILES string of the molecule is Cc1cccc(Cl)c1NC(=O)c1ccccc1S. The third-order valence-corrected chi connectivity index (χ3v) is 3.31. The lowest BCUT2D eigenvalue weighted by Gasteiger charge is -2.11. The molecule has 4 heteroatoms. The molecule has 0 spiro atoms. The van der Waals surface area contributed by atoms with Gasteiger partial charge in [-0.25, -0.2) is 0 Å². The topological polar surface area (TPSA) is 29.1 Å². The summed E-state index contributed by atoms with van der Waals surface area (Å²) in [5, 5.41) is 3.34. The zero-order valence-electron chi connectivity index (χ0n) is 9.77. The van der Waals surface area contributed by atoms with Crippen LogP contribution >= 0.6 is 24.2 Å². The number of nitrogens with one attached hydrogen (secondary N) is 1. The molecule has 0 unspecified atom stereocenters. The average Bonchev–Trinajstić information content (AvgIpc) is 2.34. The Morgan fingerprint density at radius 2 is 1.89 bits per heavy atom. The summed E-state index contributed by atoms with van der Waals surface area (Å²) in [6, 6.07) is 12.6. The second-order valence-corrected chi connectivity index (χ2v) is 4.79. The van der Waals surface area contributed by atoms with Gasteiger partial charge in [-0.05, 0) is 30.7 Å². The zero-order valence-corrected chi connectivity index (χ0v) is 11.4. The fraction of sp³-hybridized carbons (Fsp3) is 0.0714. The summed E-state index contributed by atoms with van der Waals surface area (Å²) in [5.74, 6) is -0.211. The smallest absolute Gasteiger partial charge is 0.256 e. The normalized spacial score (nSPS) is 10.2. The molecule has 18 heavy (non-hydrogen) atoms. The number of hydrogen-bond acceptors (Lipinski definition) is 2. The van der Waals surface area contributed by atoms with E-state index in [0.717, 1.165) is 5.56 Å². The third kappa shape index (κ3) is 2.68. The lowest BCUT2D eigenvalue weighted by Crippen LogP contribution is -2.13. The molecule has 2 aromatic rings. The quantitative estimate of drug-likeness (QED) is 0.792. The second kappa shape index (κ2) is 5.46. The fourth-order valence-electron chi connectivity index (χ4n) is 1.64. The predicted octanol–water partition coefficient (Wildman–Crippen LogP) is 4.19. The van der Waals surface area contributed by atoms with Gasteiger partial charge in [-0.1, -0.05) is 35.9 Å². The van der Waals surface area contributed by atoms with Crippen molar-refractivity contribution in [1.82, 2.24) is 0 Å². The number of rotatable bonds is 2. The molecule has 0 aliphatic heterocycles. The number of anilines is 1. The van der Waals surface area contributed by atoms with Gasteiger partial charge in [-0.2, -0.15) is 0 Å². The van der Waals surface area contributed by atoms with Crippen LogP contribution in [0.1, 0.15) is 15.9 Å². The maximum atomic E-state index is 12.1. The minimum Gasteiger partial charge on any atom is -0.320 e. The molecule has 2 aromatic carbocycles. The summed E-state index contributed by atoms with van der Waals surface area (Å²) in [5.41, 5.74) is 2.09. The summed E-state index contributed by atoms with van der Waals surface area (Å²) in [6.07, 6.45) is 0. The average molecular weight is 278 g/mol. The van der Waals surface area contributed by atoms with Gasteiger partial charge in [0.25, 0.3) is 5.91 Å². The molecule has 2 nitrogen and oxygen atoms in total. The monoisotopic (exact) mass is 277 g/mol. The lowest BCUT2D eigenvalue weighted by molar-refractivity contribution is 0.102. The van der Waals surface area contributed by atoms with E-state index >= 15 is 0 Å². The maximum Gasteiger partial charge on any atom is 0.256 e. The van der Waals surface area contributed by atoms with Gasteiger partial charge >= 0.3 is 0 Å². The standard InChI is InChI=1S/C14H12ClNOS/c1-9-5-4-7-11(15)13(9)16-14(17)10-6-2-3-8-12(10)18/h2-8,18H,1H3,(H,16,17). The first kappa shape index (κ1) is 13.0. The highest BCUT2D eigenvalue weighted by Crippen LogP contribution is 2.26. The number of para-hydroxylation sites is 1. The first-order valence-corrected chi connectivity index (χ1v) is 6.26. The molecule has 0 aliphatic carbocycles. The van der Waals surface area contributed by atoms with Crippen molar-refractivity contribution in [3.05, 3.63) is 58.6 Å². The van der Waals surface area contributed by atoms with Crippen molar-refractivity contribution in [2.45, 2.75) is 11.8 Å². The molecular weight excluding hydrogens is 266 g/mol. The van der Waals surface area contributed by atoms with Crippen LogP contribution in [0, 0.1) is 6.92 Å². The predicted molar refractivity (Wildman–Crippen MR) is 77.8 cm³/mol. The largest absolute Gasteiger partial charge is 0.320 e. The van der Waals surface area contributed by atoms with E-state index in [1.807, 2.05) is 25.1 Å². The molecule has 0 aliphatic rings. The van der Waals surface area contributed by atoms with E-state index in [4.69, 9.17) is 11.6 Å². The molecule has 0 fully saturated rings. The van der Waals surface area contributed by atoms with Gasteiger partial charge in [0.1, 0.15) is 0 Å². The molecule has 92 valence electrons. The second-order valence-electron chi connectivity index (χ2n) is 3.90. The lowest BCUT2D eigenvalue weighted by atomic mass is 10.1. The van der Waals surface area contributed by atoms with Crippen molar-refractivity contribution in [3.63, 3.8) is 0 Å². The van der Waals surface area contributed by atoms with Crippen molar-refractivity contribution < 1.29 is 4.79 Å². The minimum atomic E-state index is -0.211. The van der Waals surface area contributed by atoms with E-state index in [1.165, 1.54) is 0 Å². The van der Waals surface area contributed by atoms with Crippen molar-refractivity contribution >= 4 is 35.8 Å². The summed E-state index contributed by atoms with van der Waals surface area (Å²) in [6.45, 7) is 1.90. The number of hydrogen-bond donors (Lipinski definition) is 2. The molecular formula is C14H12ClNOS. The molecule has 2 rings (SSSR count). The molecule has 0 radical (unpaired) electrons. The van der Waals surface area contributed by atoms with E-state index in [0.29, 0.717) is 21.2 Å².